The molecule has 3 rings (SSSR count). The molecular weight excluding hydrogens is 368 g/mol. The third-order valence-electron chi connectivity index (χ3n) is 5.49. The van der Waals surface area contributed by atoms with Gasteiger partial charge in [0.1, 0.15) is 11.4 Å². The van der Waals surface area contributed by atoms with Crippen LogP contribution in [0.25, 0.3) is 5.69 Å². The van der Waals surface area contributed by atoms with Gasteiger partial charge in [0.15, 0.2) is 0 Å². The Morgan fingerprint density at radius 3 is 2.79 bits per heavy atom. The lowest BCUT2D eigenvalue weighted by Gasteiger charge is -2.31. The molecule has 1 aliphatic heterocycles. The molecule has 0 aliphatic carbocycles. The van der Waals surface area contributed by atoms with Crippen LogP contribution in [0.4, 0.5) is 0 Å². The molecule has 0 unspecified atom stereocenters. The second-order valence-electron chi connectivity index (χ2n) is 7.57. The topological polar surface area (TPSA) is 68.6 Å². The zero-order chi connectivity index (χ0) is 20.5. The van der Waals surface area contributed by atoms with Crippen molar-refractivity contribution in [2.45, 2.75) is 32.2 Å². The standard InChI is InChI=1S/C22H32N4O3/c1-28-14-11-23-22(27)8-7-18-9-12-25(13-10-18)16-19-15-24-26(17-19)20-5-3-4-6-21(20)29-2/h3-6,15,17-18H,7-14,16H2,1-2H3,(H,23,27). The number of amides is 1. The zero-order valence-electron chi connectivity index (χ0n) is 17.5. The molecule has 158 valence electrons. The normalized spacial score (nSPS) is 15.4. The highest BCUT2D eigenvalue weighted by Gasteiger charge is 2.20. The highest BCUT2D eigenvalue weighted by Crippen LogP contribution is 2.24. The molecule has 1 aromatic heterocycles. The lowest BCUT2D eigenvalue weighted by atomic mass is 9.92. The van der Waals surface area contributed by atoms with Gasteiger partial charge in [0.05, 0.1) is 19.9 Å². The van der Waals surface area contributed by atoms with Crippen LogP contribution in [-0.2, 0) is 16.1 Å². The summed E-state index contributed by atoms with van der Waals surface area (Å²) in [7, 11) is 3.32. The first-order valence-corrected chi connectivity index (χ1v) is 10.3. The number of ether oxygens (including phenoxy) is 2. The van der Waals surface area contributed by atoms with E-state index in [4.69, 9.17) is 9.47 Å². The minimum Gasteiger partial charge on any atom is -0.494 e. The predicted octanol–water partition coefficient (Wildman–Crippen LogP) is 2.64. The second kappa shape index (κ2) is 11.0. The first-order valence-electron chi connectivity index (χ1n) is 10.3. The number of para-hydroxylation sites is 2. The molecule has 29 heavy (non-hydrogen) atoms. The van der Waals surface area contributed by atoms with E-state index in [1.807, 2.05) is 35.1 Å². The number of benzene rings is 1. The van der Waals surface area contributed by atoms with Gasteiger partial charge in [-0.3, -0.25) is 9.69 Å². The minimum atomic E-state index is 0.133. The second-order valence-corrected chi connectivity index (χ2v) is 7.57. The van der Waals surface area contributed by atoms with Crippen LogP contribution in [0, 0.1) is 5.92 Å². The van der Waals surface area contributed by atoms with Gasteiger partial charge in [-0.15, -0.1) is 0 Å². The molecular formula is C22H32N4O3. The van der Waals surface area contributed by atoms with Crippen molar-refractivity contribution < 1.29 is 14.3 Å². The number of likely N-dealkylation sites (tertiary alicyclic amines) is 1. The number of carbonyl (C=O) groups excluding carboxylic acids is 1. The average molecular weight is 401 g/mol. The van der Waals surface area contributed by atoms with Gasteiger partial charge < -0.3 is 14.8 Å². The smallest absolute Gasteiger partial charge is 0.220 e. The molecule has 7 heteroatoms. The zero-order valence-corrected chi connectivity index (χ0v) is 17.5. The average Bonchev–Trinajstić information content (AvgIpc) is 3.21. The summed E-state index contributed by atoms with van der Waals surface area (Å²) in [4.78, 5) is 14.3. The van der Waals surface area contributed by atoms with Crippen molar-refractivity contribution in [2.75, 3.05) is 40.5 Å². The van der Waals surface area contributed by atoms with Crippen LogP contribution in [0.3, 0.4) is 0 Å². The van der Waals surface area contributed by atoms with E-state index < -0.39 is 0 Å². The number of carbonyl (C=O) groups is 1. The van der Waals surface area contributed by atoms with Crippen molar-refractivity contribution in [3.8, 4) is 11.4 Å². The Hall–Kier alpha value is -2.38. The Morgan fingerprint density at radius 2 is 2.03 bits per heavy atom. The monoisotopic (exact) mass is 400 g/mol. The molecule has 7 nitrogen and oxygen atoms in total. The maximum absolute atomic E-state index is 11.8. The molecule has 0 radical (unpaired) electrons. The van der Waals surface area contributed by atoms with E-state index >= 15 is 0 Å². The summed E-state index contributed by atoms with van der Waals surface area (Å²) in [5.74, 6) is 1.58. The van der Waals surface area contributed by atoms with Gasteiger partial charge in [0.2, 0.25) is 5.91 Å². The Bertz CT molecular complexity index is 769. The summed E-state index contributed by atoms with van der Waals surface area (Å²) < 4.78 is 12.3. The molecule has 0 saturated carbocycles. The SMILES string of the molecule is COCCNC(=O)CCC1CCN(Cc2cnn(-c3ccccc3OC)c2)CC1. The van der Waals surface area contributed by atoms with Crippen molar-refractivity contribution in [1.82, 2.24) is 20.0 Å². The maximum Gasteiger partial charge on any atom is 0.220 e. The summed E-state index contributed by atoms with van der Waals surface area (Å²) in [6, 6.07) is 7.90. The minimum absolute atomic E-state index is 0.133. The van der Waals surface area contributed by atoms with Gasteiger partial charge >= 0.3 is 0 Å². The fraction of sp³-hybridized carbons (Fsp3) is 0.545. The largest absolute Gasteiger partial charge is 0.494 e. The molecule has 2 heterocycles. The molecule has 1 aliphatic rings. The van der Waals surface area contributed by atoms with E-state index in [0.717, 1.165) is 50.3 Å². The van der Waals surface area contributed by atoms with Gasteiger partial charge in [-0.05, 0) is 50.4 Å². The maximum atomic E-state index is 11.8. The Labute approximate surface area is 173 Å². The summed E-state index contributed by atoms with van der Waals surface area (Å²) >= 11 is 0. The summed E-state index contributed by atoms with van der Waals surface area (Å²) in [5.41, 5.74) is 2.15. The molecule has 0 spiro atoms. The van der Waals surface area contributed by atoms with Gasteiger partial charge in [0.25, 0.3) is 0 Å². The van der Waals surface area contributed by atoms with Gasteiger partial charge in [-0.1, -0.05) is 12.1 Å². The number of aromatic nitrogens is 2. The highest BCUT2D eigenvalue weighted by molar-refractivity contribution is 5.75. The molecule has 1 N–H and O–H groups in total. The third-order valence-corrected chi connectivity index (χ3v) is 5.49. The van der Waals surface area contributed by atoms with E-state index in [1.165, 1.54) is 5.56 Å². The lowest BCUT2D eigenvalue weighted by molar-refractivity contribution is -0.121. The van der Waals surface area contributed by atoms with Gasteiger partial charge in [0, 0.05) is 38.4 Å². The van der Waals surface area contributed by atoms with Crippen LogP contribution >= 0.6 is 0 Å². The Kier molecular flexibility index (Phi) is 8.07. The van der Waals surface area contributed by atoms with Gasteiger partial charge in [-0.2, -0.15) is 5.10 Å². The lowest BCUT2D eigenvalue weighted by Crippen LogP contribution is -2.34. The highest BCUT2D eigenvalue weighted by atomic mass is 16.5. The van der Waals surface area contributed by atoms with Crippen LogP contribution in [0.2, 0.25) is 0 Å². The van der Waals surface area contributed by atoms with Crippen LogP contribution in [0.5, 0.6) is 5.75 Å². The van der Waals surface area contributed by atoms with Crippen molar-refractivity contribution in [3.63, 3.8) is 0 Å². The number of methoxy groups -OCH3 is 2. The van der Waals surface area contributed by atoms with Crippen molar-refractivity contribution in [2.24, 2.45) is 5.92 Å². The van der Waals surface area contributed by atoms with Crippen LogP contribution in [0.1, 0.15) is 31.2 Å². The van der Waals surface area contributed by atoms with Crippen molar-refractivity contribution in [1.29, 1.82) is 0 Å². The van der Waals surface area contributed by atoms with E-state index in [-0.39, 0.29) is 5.91 Å². The number of nitrogens with zero attached hydrogens (tertiary/aromatic N) is 3. The van der Waals surface area contributed by atoms with Gasteiger partial charge in [-0.25, -0.2) is 4.68 Å². The Balaban J connectivity index is 1.42. The molecule has 1 saturated heterocycles. The summed E-state index contributed by atoms with van der Waals surface area (Å²) in [6.45, 7) is 4.19. The fourth-order valence-corrected chi connectivity index (χ4v) is 3.80. The van der Waals surface area contributed by atoms with Crippen molar-refractivity contribution >= 4 is 5.91 Å². The molecule has 1 amide bonds. The quantitative estimate of drug-likeness (QED) is 0.621. The van der Waals surface area contributed by atoms with Crippen LogP contribution in [-0.4, -0.2) is 61.0 Å². The molecule has 0 bridgehead atoms. The molecule has 1 fully saturated rings. The first-order chi connectivity index (χ1) is 14.2. The Morgan fingerprint density at radius 1 is 1.24 bits per heavy atom. The number of hydrogen-bond acceptors (Lipinski definition) is 5. The van der Waals surface area contributed by atoms with E-state index in [0.29, 0.717) is 25.5 Å². The van der Waals surface area contributed by atoms with Crippen LogP contribution in [0.15, 0.2) is 36.7 Å². The summed E-state index contributed by atoms with van der Waals surface area (Å²) in [6.07, 6.45) is 7.88. The first kappa shape index (κ1) is 21.3. The molecule has 2 aromatic rings. The van der Waals surface area contributed by atoms with E-state index in [9.17, 15) is 4.79 Å². The number of rotatable bonds is 10. The fourth-order valence-electron chi connectivity index (χ4n) is 3.80. The number of piperidine rings is 1. The third kappa shape index (κ3) is 6.30. The molecule has 0 atom stereocenters. The molecule has 1 aromatic carbocycles. The predicted molar refractivity (Wildman–Crippen MR) is 112 cm³/mol. The van der Waals surface area contributed by atoms with Crippen LogP contribution < -0.4 is 10.1 Å². The van der Waals surface area contributed by atoms with E-state index in [1.54, 1.807) is 14.2 Å². The van der Waals surface area contributed by atoms with Crippen molar-refractivity contribution in [3.05, 3.63) is 42.2 Å². The summed E-state index contributed by atoms with van der Waals surface area (Å²) in [5, 5.41) is 7.41. The number of nitrogens with one attached hydrogen (secondary N) is 1. The number of hydrogen-bond donors (Lipinski definition) is 1. The van der Waals surface area contributed by atoms with E-state index in [2.05, 4.69) is 21.5 Å².